The molecule has 0 aromatic carbocycles. The summed E-state index contributed by atoms with van der Waals surface area (Å²) in [6.45, 7) is 13.8. The van der Waals surface area contributed by atoms with Crippen LogP contribution in [0.3, 0.4) is 0 Å². The lowest BCUT2D eigenvalue weighted by molar-refractivity contribution is 0.0397. The summed E-state index contributed by atoms with van der Waals surface area (Å²) >= 11 is 5.36. The van der Waals surface area contributed by atoms with Gasteiger partial charge in [-0.1, -0.05) is 40.7 Å². The van der Waals surface area contributed by atoms with Crippen LogP contribution in [-0.2, 0) is 4.43 Å². The van der Waals surface area contributed by atoms with Crippen LogP contribution in [0, 0.1) is 0 Å². The highest BCUT2D eigenvalue weighted by Gasteiger charge is 2.38. The van der Waals surface area contributed by atoms with E-state index in [1.165, 1.54) is 33.1 Å². The smallest absolute Gasteiger partial charge is 0.192 e. The average Bonchev–Trinajstić information content (AvgIpc) is 3.05. The Morgan fingerprint density at radius 2 is 1.75 bits per heavy atom. The third-order valence-electron chi connectivity index (χ3n) is 5.66. The first-order chi connectivity index (χ1) is 11.4. The van der Waals surface area contributed by atoms with Crippen LogP contribution in [-0.4, -0.2) is 13.9 Å². The molecular weight excluding hydrogens is 396 g/mol. The molecule has 0 saturated carbocycles. The maximum absolute atomic E-state index is 6.97. The lowest BCUT2D eigenvalue weighted by Crippen LogP contribution is -2.46. The van der Waals surface area contributed by atoms with Crippen molar-refractivity contribution in [3.8, 4) is 0 Å². The van der Waals surface area contributed by atoms with Crippen LogP contribution in [0.15, 0.2) is 22.0 Å². The molecular formula is C20H35BrOSSi. The van der Waals surface area contributed by atoms with Gasteiger partial charge in [-0.2, -0.15) is 0 Å². The van der Waals surface area contributed by atoms with Gasteiger partial charge in [0.05, 0.1) is 5.60 Å². The molecule has 0 bridgehead atoms. The molecule has 0 unspecified atom stereocenters. The number of hydrogen-bond donors (Lipinski definition) is 0. The Bertz CT molecular complexity index is 507. The van der Waals surface area contributed by atoms with Crippen molar-refractivity contribution in [1.29, 1.82) is 0 Å². The Balaban J connectivity index is 2.81. The number of allylic oxidation sites excluding steroid dienone is 2. The predicted molar refractivity (Wildman–Crippen MR) is 116 cm³/mol. The van der Waals surface area contributed by atoms with Crippen molar-refractivity contribution in [1.82, 2.24) is 0 Å². The summed E-state index contributed by atoms with van der Waals surface area (Å²) in [6.07, 6.45) is 6.88. The number of thiophene rings is 1. The Hall–Kier alpha value is 0.0969. The van der Waals surface area contributed by atoms with Gasteiger partial charge in [-0.05, 0) is 78.3 Å². The molecule has 0 N–H and O–H groups in total. The maximum atomic E-state index is 6.97. The zero-order valence-electron chi connectivity index (χ0n) is 16.4. The van der Waals surface area contributed by atoms with E-state index in [2.05, 4.69) is 75.0 Å². The first-order valence-electron chi connectivity index (χ1n) is 9.51. The van der Waals surface area contributed by atoms with Crippen LogP contribution in [0.5, 0.6) is 0 Å². The highest BCUT2D eigenvalue weighted by Crippen LogP contribution is 2.36. The minimum absolute atomic E-state index is 0.0705. The second kappa shape index (κ2) is 10.3. The molecule has 1 aromatic heterocycles. The number of rotatable bonds is 11. The van der Waals surface area contributed by atoms with Gasteiger partial charge in [-0.25, -0.2) is 0 Å². The van der Waals surface area contributed by atoms with Gasteiger partial charge in [0.2, 0.25) is 0 Å². The van der Waals surface area contributed by atoms with Gasteiger partial charge >= 0.3 is 0 Å². The predicted octanol–water partition coefficient (Wildman–Crippen LogP) is 8.27. The molecule has 0 aliphatic rings. The Morgan fingerprint density at radius 3 is 2.17 bits per heavy atom. The highest BCUT2D eigenvalue weighted by atomic mass is 79.9. The fourth-order valence-corrected chi connectivity index (χ4v) is 8.07. The number of halogens is 1. The second-order valence-corrected chi connectivity index (χ2v) is 13.3. The largest absolute Gasteiger partial charge is 0.411 e. The van der Waals surface area contributed by atoms with Crippen molar-refractivity contribution in [3.63, 3.8) is 0 Å². The normalized spacial score (nSPS) is 13.5. The van der Waals surface area contributed by atoms with Gasteiger partial charge in [-0.3, -0.25) is 0 Å². The standard InChI is InChI=1S/C20H35BrOSSi/c1-7-20(8-2,22-24(9-3,10-4)11-5)14-12-13-17(6)19-15-18(21)16-23-19/h13,15-16H,7-12,14H2,1-6H3/b17-13+. The van der Waals surface area contributed by atoms with Crippen LogP contribution in [0.25, 0.3) is 5.57 Å². The van der Waals surface area contributed by atoms with Crippen LogP contribution in [0.2, 0.25) is 18.1 Å². The minimum Gasteiger partial charge on any atom is -0.411 e. The van der Waals surface area contributed by atoms with Gasteiger partial charge in [0.15, 0.2) is 8.32 Å². The molecule has 0 fully saturated rings. The summed E-state index contributed by atoms with van der Waals surface area (Å²) in [5.74, 6) is 0. The second-order valence-electron chi connectivity index (χ2n) is 6.79. The topological polar surface area (TPSA) is 9.23 Å². The molecule has 138 valence electrons. The van der Waals surface area contributed by atoms with Crippen molar-refractivity contribution in [2.75, 3.05) is 0 Å². The summed E-state index contributed by atoms with van der Waals surface area (Å²) in [4.78, 5) is 1.36. The van der Waals surface area contributed by atoms with Crippen LogP contribution in [0.1, 0.15) is 72.1 Å². The molecule has 0 spiro atoms. The van der Waals surface area contributed by atoms with E-state index >= 15 is 0 Å². The van der Waals surface area contributed by atoms with Gasteiger partial charge in [0.25, 0.3) is 0 Å². The van der Waals surface area contributed by atoms with E-state index in [9.17, 15) is 0 Å². The quantitative estimate of drug-likeness (QED) is 0.320. The monoisotopic (exact) mass is 430 g/mol. The first-order valence-corrected chi connectivity index (χ1v) is 13.7. The van der Waals surface area contributed by atoms with E-state index in [4.69, 9.17) is 4.43 Å². The van der Waals surface area contributed by atoms with Gasteiger partial charge in [-0.15, -0.1) is 11.3 Å². The fourth-order valence-electron chi connectivity index (χ4n) is 3.40. The van der Waals surface area contributed by atoms with Crippen molar-refractivity contribution in [2.45, 2.75) is 91.0 Å². The third-order valence-corrected chi connectivity index (χ3v) is 12.2. The third kappa shape index (κ3) is 5.82. The van der Waals surface area contributed by atoms with Crippen molar-refractivity contribution in [3.05, 3.63) is 26.9 Å². The molecule has 1 aromatic rings. The highest BCUT2D eigenvalue weighted by molar-refractivity contribution is 9.10. The summed E-state index contributed by atoms with van der Waals surface area (Å²) in [5, 5.41) is 2.15. The molecule has 0 aliphatic heterocycles. The molecule has 1 rings (SSSR count). The Labute approximate surface area is 163 Å². The summed E-state index contributed by atoms with van der Waals surface area (Å²) in [6, 6.07) is 5.92. The Morgan fingerprint density at radius 1 is 1.17 bits per heavy atom. The van der Waals surface area contributed by atoms with Crippen molar-refractivity contribution >= 4 is 41.2 Å². The zero-order valence-corrected chi connectivity index (χ0v) is 19.8. The van der Waals surface area contributed by atoms with Crippen LogP contribution >= 0.6 is 27.3 Å². The van der Waals surface area contributed by atoms with E-state index in [0.717, 1.165) is 25.7 Å². The van der Waals surface area contributed by atoms with Crippen LogP contribution < -0.4 is 0 Å². The number of hydrogen-bond acceptors (Lipinski definition) is 2. The average molecular weight is 432 g/mol. The SMILES string of the molecule is CCC(CC)(CC/C=C(\C)c1cc(Br)cs1)O[Si](CC)(CC)CC. The molecule has 24 heavy (non-hydrogen) atoms. The zero-order chi connectivity index (χ0) is 18.2. The maximum Gasteiger partial charge on any atom is 0.192 e. The van der Waals surface area contributed by atoms with Gasteiger partial charge < -0.3 is 4.43 Å². The van der Waals surface area contributed by atoms with E-state index in [1.54, 1.807) is 0 Å². The molecule has 4 heteroatoms. The molecule has 1 heterocycles. The molecule has 0 saturated heterocycles. The molecule has 1 nitrogen and oxygen atoms in total. The minimum atomic E-state index is -1.56. The van der Waals surface area contributed by atoms with E-state index in [1.807, 2.05) is 11.3 Å². The van der Waals surface area contributed by atoms with E-state index < -0.39 is 8.32 Å². The molecule has 0 atom stereocenters. The fraction of sp³-hybridized carbons (Fsp3) is 0.700. The lowest BCUT2D eigenvalue weighted by Gasteiger charge is -2.42. The summed E-state index contributed by atoms with van der Waals surface area (Å²) in [7, 11) is -1.56. The summed E-state index contributed by atoms with van der Waals surface area (Å²) < 4.78 is 8.15. The van der Waals surface area contributed by atoms with Crippen molar-refractivity contribution in [2.24, 2.45) is 0 Å². The summed E-state index contributed by atoms with van der Waals surface area (Å²) in [5.41, 5.74) is 1.46. The molecule has 0 amide bonds. The molecule has 0 radical (unpaired) electrons. The van der Waals surface area contributed by atoms with Gasteiger partial charge in [0, 0.05) is 14.7 Å². The van der Waals surface area contributed by atoms with E-state index in [-0.39, 0.29) is 5.60 Å². The lowest BCUT2D eigenvalue weighted by atomic mass is 9.91. The Kier molecular flexibility index (Phi) is 9.50. The van der Waals surface area contributed by atoms with Crippen molar-refractivity contribution < 1.29 is 4.43 Å². The van der Waals surface area contributed by atoms with Gasteiger partial charge in [0.1, 0.15) is 0 Å². The van der Waals surface area contributed by atoms with Crippen LogP contribution in [0.4, 0.5) is 0 Å². The van der Waals surface area contributed by atoms with E-state index in [0.29, 0.717) is 0 Å². The first kappa shape index (κ1) is 22.1. The molecule has 0 aliphatic carbocycles.